The highest BCUT2D eigenvalue weighted by molar-refractivity contribution is 7.98. The van der Waals surface area contributed by atoms with Gasteiger partial charge in [-0.15, -0.1) is 11.8 Å². The number of rotatable bonds is 4. The van der Waals surface area contributed by atoms with E-state index < -0.39 is 0 Å². The van der Waals surface area contributed by atoms with Gasteiger partial charge in [0.15, 0.2) is 0 Å². The van der Waals surface area contributed by atoms with E-state index in [-0.39, 0.29) is 0 Å². The number of thioether (sulfide) groups is 1. The maximum absolute atomic E-state index is 4.29. The smallest absolute Gasteiger partial charge is 0.125 e. The maximum Gasteiger partial charge on any atom is 0.125 e. The highest BCUT2D eigenvalue weighted by Crippen LogP contribution is 2.22. The van der Waals surface area contributed by atoms with Gasteiger partial charge in [-0.05, 0) is 23.8 Å². The Kier molecular flexibility index (Phi) is 3.83. The summed E-state index contributed by atoms with van der Waals surface area (Å²) in [5.41, 5.74) is 1.24. The van der Waals surface area contributed by atoms with Gasteiger partial charge < -0.3 is 5.32 Å². The van der Waals surface area contributed by atoms with Crippen molar-refractivity contribution in [1.82, 2.24) is 4.98 Å². The van der Waals surface area contributed by atoms with Gasteiger partial charge in [0, 0.05) is 23.9 Å². The first kappa shape index (κ1) is 11.0. The zero-order valence-corrected chi connectivity index (χ0v) is 10.00. The van der Waals surface area contributed by atoms with E-state index in [1.165, 1.54) is 10.5 Å². The molecule has 0 spiro atoms. The molecule has 1 N–H and O–H groups in total. The van der Waals surface area contributed by atoms with E-state index in [0.717, 1.165) is 11.6 Å². The first-order valence-electron chi connectivity index (χ1n) is 5.19. The Hall–Kier alpha value is -1.48. The van der Waals surface area contributed by atoms with Crippen LogP contribution < -0.4 is 5.32 Å². The Balaban J connectivity index is 1.94. The van der Waals surface area contributed by atoms with Crippen LogP contribution in [-0.2, 0) is 5.75 Å². The SMILES string of the molecule is CNc1ccc(CSc2ccccc2)cn1. The molecule has 0 aliphatic heterocycles. The lowest BCUT2D eigenvalue weighted by Gasteiger charge is -2.03. The second kappa shape index (κ2) is 5.56. The molecule has 0 radical (unpaired) electrons. The molecule has 0 saturated heterocycles. The number of hydrogen-bond donors (Lipinski definition) is 1. The monoisotopic (exact) mass is 230 g/mol. The number of hydrogen-bond acceptors (Lipinski definition) is 3. The Morgan fingerprint density at radius 1 is 1.12 bits per heavy atom. The molecular formula is C13H14N2S. The van der Waals surface area contributed by atoms with Crippen LogP contribution in [0.5, 0.6) is 0 Å². The molecule has 0 amide bonds. The van der Waals surface area contributed by atoms with Gasteiger partial charge in [-0.3, -0.25) is 0 Å². The summed E-state index contributed by atoms with van der Waals surface area (Å²) in [7, 11) is 1.88. The average Bonchev–Trinajstić information content (AvgIpc) is 2.38. The third-order valence-electron chi connectivity index (χ3n) is 2.23. The van der Waals surface area contributed by atoms with Crippen LogP contribution in [0.25, 0.3) is 0 Å². The van der Waals surface area contributed by atoms with Gasteiger partial charge in [-0.2, -0.15) is 0 Å². The normalized spacial score (nSPS) is 10.1. The van der Waals surface area contributed by atoms with E-state index in [0.29, 0.717) is 0 Å². The van der Waals surface area contributed by atoms with Gasteiger partial charge in [0.25, 0.3) is 0 Å². The minimum absolute atomic E-state index is 0.911. The van der Waals surface area contributed by atoms with Crippen LogP contribution in [0.4, 0.5) is 5.82 Å². The van der Waals surface area contributed by atoms with Crippen molar-refractivity contribution in [3.05, 3.63) is 54.2 Å². The number of pyridine rings is 1. The van der Waals surface area contributed by atoms with Gasteiger partial charge in [0.2, 0.25) is 0 Å². The number of nitrogens with one attached hydrogen (secondary N) is 1. The highest BCUT2D eigenvalue weighted by Gasteiger charge is 1.96. The van der Waals surface area contributed by atoms with Crippen molar-refractivity contribution in [2.45, 2.75) is 10.6 Å². The zero-order valence-electron chi connectivity index (χ0n) is 9.18. The van der Waals surface area contributed by atoms with Gasteiger partial charge >= 0.3 is 0 Å². The van der Waals surface area contributed by atoms with Gasteiger partial charge in [-0.1, -0.05) is 24.3 Å². The summed E-state index contributed by atoms with van der Waals surface area (Å²) in [6.45, 7) is 0. The molecule has 2 nitrogen and oxygen atoms in total. The van der Waals surface area contributed by atoms with E-state index in [1.54, 1.807) is 0 Å². The molecule has 0 aliphatic carbocycles. The topological polar surface area (TPSA) is 24.9 Å². The molecule has 0 unspecified atom stereocenters. The molecular weight excluding hydrogens is 216 g/mol. The van der Waals surface area contributed by atoms with E-state index in [2.05, 4.69) is 40.6 Å². The van der Waals surface area contributed by atoms with Crippen LogP contribution >= 0.6 is 11.8 Å². The van der Waals surface area contributed by atoms with Crippen molar-refractivity contribution >= 4 is 17.6 Å². The quantitative estimate of drug-likeness (QED) is 0.815. The fraction of sp³-hybridized carbons (Fsp3) is 0.154. The molecule has 3 heteroatoms. The third kappa shape index (κ3) is 3.00. The lowest BCUT2D eigenvalue weighted by molar-refractivity contribution is 1.23. The van der Waals surface area contributed by atoms with Crippen molar-refractivity contribution in [3.8, 4) is 0 Å². The predicted molar refractivity (Wildman–Crippen MR) is 69.8 cm³/mol. The summed E-state index contributed by atoms with van der Waals surface area (Å²) in [6, 6.07) is 14.5. The molecule has 1 aromatic heterocycles. The number of anilines is 1. The minimum Gasteiger partial charge on any atom is -0.373 e. The van der Waals surface area contributed by atoms with E-state index >= 15 is 0 Å². The molecule has 0 saturated carbocycles. The molecule has 1 heterocycles. The lowest BCUT2D eigenvalue weighted by atomic mass is 10.3. The molecule has 2 rings (SSSR count). The summed E-state index contributed by atoms with van der Waals surface area (Å²) >= 11 is 1.83. The van der Waals surface area contributed by atoms with E-state index in [9.17, 15) is 0 Å². The van der Waals surface area contributed by atoms with Gasteiger partial charge in [-0.25, -0.2) is 4.98 Å². The first-order valence-corrected chi connectivity index (χ1v) is 6.17. The second-order valence-corrected chi connectivity index (χ2v) is 4.45. The fourth-order valence-electron chi connectivity index (χ4n) is 1.34. The van der Waals surface area contributed by atoms with Crippen LogP contribution in [0, 0.1) is 0 Å². The summed E-state index contributed by atoms with van der Waals surface area (Å²) in [4.78, 5) is 5.58. The summed E-state index contributed by atoms with van der Waals surface area (Å²) in [6.07, 6.45) is 1.92. The van der Waals surface area contributed by atoms with Crippen LogP contribution in [0.2, 0.25) is 0 Å². The molecule has 2 aromatic rings. The molecule has 0 fully saturated rings. The van der Waals surface area contributed by atoms with Crippen LogP contribution in [0.3, 0.4) is 0 Å². The standard InChI is InChI=1S/C13H14N2S/c1-14-13-8-7-11(9-15-13)10-16-12-5-3-2-4-6-12/h2-9H,10H2,1H3,(H,14,15). The van der Waals surface area contributed by atoms with Crippen molar-refractivity contribution < 1.29 is 0 Å². The lowest BCUT2D eigenvalue weighted by Crippen LogP contribution is -1.92. The fourth-order valence-corrected chi connectivity index (χ4v) is 2.19. The predicted octanol–water partition coefficient (Wildman–Crippen LogP) is 3.42. The second-order valence-electron chi connectivity index (χ2n) is 3.40. The Bertz CT molecular complexity index is 425. The number of benzene rings is 1. The largest absolute Gasteiger partial charge is 0.373 e. The molecule has 0 atom stereocenters. The summed E-state index contributed by atoms with van der Waals surface area (Å²) in [5.74, 6) is 1.87. The van der Waals surface area contributed by atoms with E-state index in [1.807, 2.05) is 37.1 Å². The average molecular weight is 230 g/mol. The molecule has 0 bridgehead atoms. The number of aromatic nitrogens is 1. The number of nitrogens with zero attached hydrogens (tertiary/aromatic N) is 1. The van der Waals surface area contributed by atoms with Crippen molar-refractivity contribution in [1.29, 1.82) is 0 Å². The van der Waals surface area contributed by atoms with Crippen molar-refractivity contribution in [2.24, 2.45) is 0 Å². The first-order chi connectivity index (χ1) is 7.88. The molecule has 82 valence electrons. The Morgan fingerprint density at radius 2 is 1.94 bits per heavy atom. The highest BCUT2D eigenvalue weighted by atomic mass is 32.2. The van der Waals surface area contributed by atoms with Crippen molar-refractivity contribution in [3.63, 3.8) is 0 Å². The molecule has 16 heavy (non-hydrogen) atoms. The summed E-state index contributed by atoms with van der Waals surface area (Å²) in [5, 5.41) is 3.01. The Labute approximate surface area is 100 Å². The van der Waals surface area contributed by atoms with Gasteiger partial charge in [0.05, 0.1) is 0 Å². The molecule has 0 aliphatic rings. The minimum atomic E-state index is 0.911. The Morgan fingerprint density at radius 3 is 2.56 bits per heavy atom. The van der Waals surface area contributed by atoms with Crippen LogP contribution in [0.1, 0.15) is 5.56 Å². The third-order valence-corrected chi connectivity index (χ3v) is 3.31. The summed E-state index contributed by atoms with van der Waals surface area (Å²) < 4.78 is 0. The van der Waals surface area contributed by atoms with E-state index in [4.69, 9.17) is 0 Å². The van der Waals surface area contributed by atoms with Crippen LogP contribution in [0.15, 0.2) is 53.6 Å². The zero-order chi connectivity index (χ0) is 11.2. The maximum atomic E-state index is 4.29. The van der Waals surface area contributed by atoms with Crippen molar-refractivity contribution in [2.75, 3.05) is 12.4 Å². The van der Waals surface area contributed by atoms with Crippen LogP contribution in [-0.4, -0.2) is 12.0 Å². The van der Waals surface area contributed by atoms with Gasteiger partial charge in [0.1, 0.15) is 5.82 Å². The molecule has 1 aromatic carbocycles.